The third-order valence-electron chi connectivity index (χ3n) is 0.694. The summed E-state index contributed by atoms with van der Waals surface area (Å²) in [6.45, 7) is -2.21. The molecule has 0 saturated carbocycles. The van der Waals surface area contributed by atoms with Crippen LogP contribution in [0, 0.1) is 4.91 Å². The highest BCUT2D eigenvalue weighted by atomic mass is 19.4. The number of nitrogens with zero attached hydrogens (tertiary/aromatic N) is 1. The maximum Gasteiger partial charge on any atom is 0.405 e. The van der Waals surface area contributed by atoms with E-state index < -0.39 is 25.2 Å². The summed E-state index contributed by atoms with van der Waals surface area (Å²) < 4.78 is 34.0. The van der Waals surface area contributed by atoms with Gasteiger partial charge in [0.25, 0.3) is 0 Å². The number of hydrogen-bond acceptors (Lipinski definition) is 3. The summed E-state index contributed by atoms with van der Waals surface area (Å²) in [6, 6.07) is 0. The number of nitrogens with one attached hydrogen (secondary N) is 1. The van der Waals surface area contributed by atoms with Crippen LogP contribution >= 0.6 is 0 Å². The molecule has 1 N–H and O–H groups in total. The van der Waals surface area contributed by atoms with Crippen LogP contribution in [0.25, 0.3) is 0 Å². The van der Waals surface area contributed by atoms with E-state index in [0.29, 0.717) is 0 Å². The van der Waals surface area contributed by atoms with Gasteiger partial charge in [-0.2, -0.15) is 18.1 Å². The summed E-state index contributed by atoms with van der Waals surface area (Å²) in [4.78, 5) is 19.5. The third kappa shape index (κ3) is 6.75. The van der Waals surface area contributed by atoms with Gasteiger partial charge in [-0.05, 0) is 0 Å². The van der Waals surface area contributed by atoms with E-state index in [4.69, 9.17) is 0 Å². The fourth-order valence-corrected chi connectivity index (χ4v) is 0.313. The van der Waals surface area contributed by atoms with E-state index in [1.807, 2.05) is 0 Å². The highest BCUT2D eigenvalue weighted by Crippen LogP contribution is 2.11. The molecule has 0 aromatic rings. The Labute approximate surface area is 59.7 Å². The smallest absolute Gasteiger partial charge is 0.345 e. The molecule has 7 heteroatoms. The zero-order chi connectivity index (χ0) is 8.91. The highest BCUT2D eigenvalue weighted by Gasteiger charge is 2.27. The van der Waals surface area contributed by atoms with Crippen molar-refractivity contribution in [1.29, 1.82) is 0 Å². The molecule has 4 nitrogen and oxygen atoms in total. The first-order valence-electron chi connectivity index (χ1n) is 2.58. The number of alkyl halides is 3. The summed E-state index contributed by atoms with van der Waals surface area (Å²) in [7, 11) is 0. The monoisotopic (exact) mass is 170 g/mol. The minimum atomic E-state index is -4.45. The van der Waals surface area contributed by atoms with Gasteiger partial charge in [0.05, 0.1) is 0 Å². The van der Waals surface area contributed by atoms with Gasteiger partial charge in [0.1, 0.15) is 6.54 Å². The van der Waals surface area contributed by atoms with Crippen molar-refractivity contribution >= 4 is 5.91 Å². The molecule has 0 atom stereocenters. The summed E-state index contributed by atoms with van der Waals surface area (Å²) in [5.74, 6) is -1.03. The molecule has 0 aromatic carbocycles. The number of carbonyl (C=O) groups is 1. The van der Waals surface area contributed by atoms with E-state index in [0.717, 1.165) is 0 Å². The second-order valence-corrected chi connectivity index (χ2v) is 1.68. The van der Waals surface area contributed by atoms with Crippen LogP contribution in [-0.2, 0) is 4.79 Å². The average Bonchev–Trinajstić information content (AvgIpc) is 1.83. The second-order valence-electron chi connectivity index (χ2n) is 1.68. The molecule has 0 radical (unpaired) electrons. The molecule has 1 amide bonds. The van der Waals surface area contributed by atoms with Crippen LogP contribution in [0.1, 0.15) is 0 Å². The van der Waals surface area contributed by atoms with Crippen LogP contribution in [0.4, 0.5) is 13.2 Å². The van der Waals surface area contributed by atoms with E-state index in [-0.39, 0.29) is 0 Å². The van der Waals surface area contributed by atoms with Gasteiger partial charge < -0.3 is 5.32 Å². The molecular weight excluding hydrogens is 165 g/mol. The Morgan fingerprint density at radius 1 is 1.45 bits per heavy atom. The largest absolute Gasteiger partial charge is 0.405 e. The number of hydrogen-bond donors (Lipinski definition) is 1. The lowest BCUT2D eigenvalue weighted by atomic mass is 10.5. The van der Waals surface area contributed by atoms with E-state index in [1.165, 1.54) is 5.32 Å². The number of halogens is 3. The fourth-order valence-electron chi connectivity index (χ4n) is 0.313. The Kier molecular flexibility index (Phi) is 3.49. The third-order valence-corrected chi connectivity index (χ3v) is 0.694. The first-order valence-corrected chi connectivity index (χ1v) is 2.58. The van der Waals surface area contributed by atoms with Crippen molar-refractivity contribution in [1.82, 2.24) is 5.32 Å². The van der Waals surface area contributed by atoms with Crippen molar-refractivity contribution in [2.45, 2.75) is 6.18 Å². The van der Waals surface area contributed by atoms with Crippen molar-refractivity contribution < 1.29 is 18.0 Å². The van der Waals surface area contributed by atoms with E-state index in [9.17, 15) is 22.9 Å². The standard InChI is InChI=1S/C4H5F3N2O2/c5-4(6,7)2-8-3(10)1-9-11/h1-2H2,(H,8,10). The van der Waals surface area contributed by atoms with Crippen molar-refractivity contribution in [3.05, 3.63) is 4.91 Å². The van der Waals surface area contributed by atoms with Gasteiger partial charge in [-0.25, -0.2) is 0 Å². The first-order chi connectivity index (χ1) is 4.95. The minimum absolute atomic E-state index is 0.782. The lowest BCUT2D eigenvalue weighted by Crippen LogP contribution is -2.34. The van der Waals surface area contributed by atoms with Crippen LogP contribution in [-0.4, -0.2) is 25.2 Å². The van der Waals surface area contributed by atoms with Crippen LogP contribution in [0.5, 0.6) is 0 Å². The summed E-state index contributed by atoms with van der Waals surface area (Å²) in [5, 5.41) is 3.57. The molecule has 0 fully saturated rings. The molecule has 0 spiro atoms. The van der Waals surface area contributed by atoms with Crippen molar-refractivity contribution in [3.63, 3.8) is 0 Å². The molecule has 64 valence electrons. The number of rotatable bonds is 3. The highest BCUT2D eigenvalue weighted by molar-refractivity contribution is 5.78. The Morgan fingerprint density at radius 3 is 2.36 bits per heavy atom. The van der Waals surface area contributed by atoms with Gasteiger partial charge in [-0.3, -0.25) is 4.79 Å². The quantitative estimate of drug-likeness (QED) is 0.624. The molecule has 0 rings (SSSR count). The first kappa shape index (κ1) is 9.86. The van der Waals surface area contributed by atoms with Crippen molar-refractivity contribution in [2.24, 2.45) is 5.18 Å². The fraction of sp³-hybridized carbons (Fsp3) is 0.750. The van der Waals surface area contributed by atoms with Crippen LogP contribution in [0.2, 0.25) is 0 Å². The predicted molar refractivity (Wildman–Crippen MR) is 29.7 cm³/mol. The number of nitroso groups, excluding NO2 is 1. The molecule has 0 aromatic heterocycles. The van der Waals surface area contributed by atoms with Crippen molar-refractivity contribution in [2.75, 3.05) is 13.1 Å². The summed E-state index contributed by atoms with van der Waals surface area (Å²) in [5.41, 5.74) is 0. The SMILES string of the molecule is O=NCC(=O)NCC(F)(F)F. The topological polar surface area (TPSA) is 58.5 Å². The molecule has 0 aliphatic heterocycles. The Hall–Kier alpha value is -1.14. The molecule has 0 bridgehead atoms. The minimum Gasteiger partial charge on any atom is -0.345 e. The van der Waals surface area contributed by atoms with Crippen LogP contribution in [0.15, 0.2) is 5.18 Å². The Balaban J connectivity index is 3.54. The van der Waals surface area contributed by atoms with Gasteiger partial charge >= 0.3 is 6.18 Å². The second kappa shape index (κ2) is 3.89. The van der Waals surface area contributed by atoms with Gasteiger partial charge in [0, 0.05) is 0 Å². The van der Waals surface area contributed by atoms with E-state index in [1.54, 1.807) is 0 Å². The summed E-state index contributed by atoms with van der Waals surface area (Å²) in [6.07, 6.45) is -4.45. The van der Waals surface area contributed by atoms with Gasteiger partial charge in [-0.15, -0.1) is 0 Å². The maximum absolute atomic E-state index is 11.3. The lowest BCUT2D eigenvalue weighted by molar-refractivity contribution is -0.137. The predicted octanol–water partition coefficient (Wildman–Crippen LogP) is 0.431. The number of carbonyl (C=O) groups excluding carboxylic acids is 1. The van der Waals surface area contributed by atoms with Gasteiger partial charge in [-0.1, -0.05) is 5.18 Å². The van der Waals surface area contributed by atoms with Crippen LogP contribution < -0.4 is 5.32 Å². The zero-order valence-electron chi connectivity index (χ0n) is 5.31. The molecule has 0 heterocycles. The van der Waals surface area contributed by atoms with Gasteiger partial charge in [0.15, 0.2) is 6.54 Å². The molecule has 0 unspecified atom stereocenters. The number of amides is 1. The van der Waals surface area contributed by atoms with Gasteiger partial charge in [0.2, 0.25) is 5.91 Å². The van der Waals surface area contributed by atoms with E-state index >= 15 is 0 Å². The maximum atomic E-state index is 11.3. The molecule has 0 aliphatic rings. The molecular formula is C4H5F3N2O2. The van der Waals surface area contributed by atoms with E-state index in [2.05, 4.69) is 5.18 Å². The van der Waals surface area contributed by atoms with Crippen molar-refractivity contribution in [3.8, 4) is 0 Å². The molecule has 0 aliphatic carbocycles. The molecule has 11 heavy (non-hydrogen) atoms. The lowest BCUT2D eigenvalue weighted by Gasteiger charge is -2.05. The zero-order valence-corrected chi connectivity index (χ0v) is 5.31. The average molecular weight is 170 g/mol. The van der Waals surface area contributed by atoms with Crippen LogP contribution in [0.3, 0.4) is 0 Å². The molecule has 0 saturated heterocycles. The Morgan fingerprint density at radius 2 is 2.00 bits per heavy atom. The Bertz CT molecular complexity index is 156. The normalized spacial score (nSPS) is 10.8. The summed E-state index contributed by atoms with van der Waals surface area (Å²) >= 11 is 0.